The van der Waals surface area contributed by atoms with Gasteiger partial charge in [0.15, 0.2) is 0 Å². The average molecular weight is 365 g/mol. The Bertz CT molecular complexity index is 1090. The van der Waals surface area contributed by atoms with E-state index < -0.39 is 11.5 Å². The molecule has 1 aliphatic heterocycles. The van der Waals surface area contributed by atoms with Crippen molar-refractivity contribution in [2.45, 2.75) is 26.4 Å². The fourth-order valence-electron chi connectivity index (χ4n) is 3.18. The number of carbonyl (C=O) groups is 1. The minimum atomic E-state index is -0.544. The molecule has 1 aliphatic rings. The third-order valence-corrected chi connectivity index (χ3v) is 4.40. The van der Waals surface area contributed by atoms with Crippen molar-refractivity contribution in [3.63, 3.8) is 0 Å². The summed E-state index contributed by atoms with van der Waals surface area (Å²) in [5, 5.41) is 2.76. The van der Waals surface area contributed by atoms with E-state index in [1.54, 1.807) is 30.5 Å². The topological polar surface area (TPSA) is 81.9 Å². The minimum Gasteiger partial charge on any atom is -0.492 e. The average Bonchev–Trinajstić information content (AvgIpc) is 3.01. The Kier molecular flexibility index (Phi) is 4.27. The first-order chi connectivity index (χ1) is 13.1. The molecule has 1 atom stereocenters. The quantitative estimate of drug-likeness (QED) is 0.769. The highest BCUT2D eigenvalue weighted by Crippen LogP contribution is 2.38. The van der Waals surface area contributed by atoms with Crippen LogP contribution in [0, 0.1) is 0 Å². The van der Waals surface area contributed by atoms with E-state index in [4.69, 9.17) is 9.47 Å². The van der Waals surface area contributed by atoms with Gasteiger partial charge in [0.2, 0.25) is 0 Å². The predicted molar refractivity (Wildman–Crippen MR) is 101 cm³/mol. The van der Waals surface area contributed by atoms with Gasteiger partial charge in [-0.1, -0.05) is 6.07 Å². The van der Waals surface area contributed by atoms with E-state index in [2.05, 4.69) is 10.3 Å². The number of rotatable bonds is 4. The molecule has 7 nitrogen and oxygen atoms in total. The zero-order chi connectivity index (χ0) is 19.0. The molecule has 0 aliphatic carbocycles. The van der Waals surface area contributed by atoms with Gasteiger partial charge in [0.05, 0.1) is 12.3 Å². The molecule has 4 rings (SSSR count). The standard InChI is InChI=1S/C20H19N3O4/c1-3-26-17-9-13-8-12(2)27-16(13)10-15(17)22-19(24)14-11-21-18-6-4-5-7-23(18)20(14)25/h4-7,9-12H,3,8H2,1-2H3,(H,22,24)/t12-/m0/s1. The molecule has 138 valence electrons. The summed E-state index contributed by atoms with van der Waals surface area (Å²) in [5.74, 6) is 0.725. The van der Waals surface area contributed by atoms with Crippen LogP contribution in [0.25, 0.3) is 5.65 Å². The van der Waals surface area contributed by atoms with Crippen molar-refractivity contribution in [3.05, 3.63) is 64.2 Å². The van der Waals surface area contributed by atoms with Crippen LogP contribution in [-0.2, 0) is 6.42 Å². The molecule has 1 N–H and O–H groups in total. The Morgan fingerprint density at radius 3 is 3.07 bits per heavy atom. The molecular formula is C20H19N3O4. The normalized spacial score (nSPS) is 15.3. The van der Waals surface area contributed by atoms with E-state index in [1.165, 1.54) is 10.6 Å². The maximum atomic E-state index is 12.7. The maximum Gasteiger partial charge on any atom is 0.270 e. The number of nitrogens with zero attached hydrogens (tertiary/aromatic N) is 2. The summed E-state index contributed by atoms with van der Waals surface area (Å²) < 4.78 is 12.8. The van der Waals surface area contributed by atoms with E-state index in [0.717, 1.165) is 17.7 Å². The second-order valence-corrected chi connectivity index (χ2v) is 6.38. The SMILES string of the molecule is CCOc1cc2c(cc1NC(=O)c1cnc3ccccn3c1=O)O[C@@H](C)C2. The van der Waals surface area contributed by atoms with E-state index >= 15 is 0 Å². The lowest BCUT2D eigenvalue weighted by Gasteiger charge is -2.13. The second-order valence-electron chi connectivity index (χ2n) is 6.38. The molecule has 27 heavy (non-hydrogen) atoms. The van der Waals surface area contributed by atoms with Crippen LogP contribution in [0.2, 0.25) is 0 Å². The van der Waals surface area contributed by atoms with Gasteiger partial charge in [-0.3, -0.25) is 14.0 Å². The smallest absolute Gasteiger partial charge is 0.270 e. The molecule has 1 amide bonds. The van der Waals surface area contributed by atoms with Crippen molar-refractivity contribution in [2.75, 3.05) is 11.9 Å². The molecule has 0 bridgehead atoms. The molecule has 0 saturated heterocycles. The highest BCUT2D eigenvalue weighted by molar-refractivity contribution is 6.04. The van der Waals surface area contributed by atoms with Crippen molar-refractivity contribution in [3.8, 4) is 11.5 Å². The molecule has 0 saturated carbocycles. The van der Waals surface area contributed by atoms with Gasteiger partial charge in [-0.25, -0.2) is 4.98 Å². The number of fused-ring (bicyclic) bond motifs is 2. The number of nitrogens with one attached hydrogen (secondary N) is 1. The highest BCUT2D eigenvalue weighted by Gasteiger charge is 2.23. The third kappa shape index (κ3) is 3.12. The van der Waals surface area contributed by atoms with Crippen LogP contribution in [0.4, 0.5) is 5.69 Å². The lowest BCUT2D eigenvalue weighted by Crippen LogP contribution is -2.26. The summed E-state index contributed by atoms with van der Waals surface area (Å²) in [6, 6.07) is 8.82. The fraction of sp³-hybridized carbons (Fsp3) is 0.250. The number of pyridine rings is 1. The summed E-state index contributed by atoms with van der Waals surface area (Å²) >= 11 is 0. The molecule has 2 aromatic heterocycles. The molecule has 3 heterocycles. The minimum absolute atomic E-state index is 0.0454. The number of amides is 1. The monoisotopic (exact) mass is 365 g/mol. The summed E-state index contributed by atoms with van der Waals surface area (Å²) in [6.07, 6.45) is 3.74. The van der Waals surface area contributed by atoms with Gasteiger partial charge in [0, 0.05) is 30.4 Å². The van der Waals surface area contributed by atoms with Gasteiger partial charge in [0.25, 0.3) is 11.5 Å². The number of hydrogen-bond acceptors (Lipinski definition) is 5. The first-order valence-electron chi connectivity index (χ1n) is 8.81. The summed E-state index contributed by atoms with van der Waals surface area (Å²) in [5.41, 5.74) is 1.51. The fourth-order valence-corrected chi connectivity index (χ4v) is 3.18. The van der Waals surface area contributed by atoms with Gasteiger partial charge in [0.1, 0.15) is 28.8 Å². The van der Waals surface area contributed by atoms with Crippen LogP contribution >= 0.6 is 0 Å². The second kappa shape index (κ2) is 6.75. The number of anilines is 1. The Labute approximate surface area is 155 Å². The van der Waals surface area contributed by atoms with Crippen LogP contribution in [0.1, 0.15) is 29.8 Å². The largest absolute Gasteiger partial charge is 0.492 e. The number of benzene rings is 1. The molecular weight excluding hydrogens is 346 g/mol. The molecule has 1 aromatic carbocycles. The van der Waals surface area contributed by atoms with Gasteiger partial charge >= 0.3 is 0 Å². The molecule has 0 fully saturated rings. The number of carbonyl (C=O) groups excluding carboxylic acids is 1. The van der Waals surface area contributed by atoms with Crippen molar-refractivity contribution < 1.29 is 14.3 Å². The zero-order valence-corrected chi connectivity index (χ0v) is 15.1. The highest BCUT2D eigenvalue weighted by atomic mass is 16.5. The number of aromatic nitrogens is 2. The van der Waals surface area contributed by atoms with Gasteiger partial charge in [-0.15, -0.1) is 0 Å². The van der Waals surface area contributed by atoms with Crippen molar-refractivity contribution in [2.24, 2.45) is 0 Å². The van der Waals surface area contributed by atoms with Crippen LogP contribution in [0.15, 0.2) is 47.5 Å². The Balaban J connectivity index is 1.70. The molecule has 7 heteroatoms. The molecule has 0 radical (unpaired) electrons. The summed E-state index contributed by atoms with van der Waals surface area (Å²) in [4.78, 5) is 29.5. The Morgan fingerprint density at radius 1 is 1.41 bits per heavy atom. The lowest BCUT2D eigenvalue weighted by molar-refractivity contribution is 0.102. The van der Waals surface area contributed by atoms with Gasteiger partial charge in [-0.05, 0) is 32.0 Å². The molecule has 3 aromatic rings. The van der Waals surface area contributed by atoms with E-state index in [1.807, 2.05) is 19.9 Å². The zero-order valence-electron chi connectivity index (χ0n) is 15.1. The molecule has 0 spiro atoms. The van der Waals surface area contributed by atoms with Crippen LogP contribution in [0.5, 0.6) is 11.5 Å². The predicted octanol–water partition coefficient (Wildman–Crippen LogP) is 2.67. The van der Waals surface area contributed by atoms with Crippen molar-refractivity contribution >= 4 is 17.2 Å². The van der Waals surface area contributed by atoms with E-state index in [9.17, 15) is 9.59 Å². The van der Waals surface area contributed by atoms with E-state index in [-0.39, 0.29) is 11.7 Å². The van der Waals surface area contributed by atoms with Crippen LogP contribution < -0.4 is 20.3 Å². The molecule has 0 unspecified atom stereocenters. The first-order valence-corrected chi connectivity index (χ1v) is 8.81. The van der Waals surface area contributed by atoms with Gasteiger partial charge in [-0.2, -0.15) is 0 Å². The maximum absolute atomic E-state index is 12.7. The van der Waals surface area contributed by atoms with Crippen molar-refractivity contribution in [1.29, 1.82) is 0 Å². The Hall–Kier alpha value is -3.35. The van der Waals surface area contributed by atoms with E-state index in [0.29, 0.717) is 23.7 Å². The number of hydrogen-bond donors (Lipinski definition) is 1. The Morgan fingerprint density at radius 2 is 2.26 bits per heavy atom. The van der Waals surface area contributed by atoms with Crippen LogP contribution in [0.3, 0.4) is 0 Å². The third-order valence-electron chi connectivity index (χ3n) is 4.40. The number of ether oxygens (including phenoxy) is 2. The summed E-state index contributed by atoms with van der Waals surface area (Å²) in [6.45, 7) is 4.32. The summed E-state index contributed by atoms with van der Waals surface area (Å²) in [7, 11) is 0. The van der Waals surface area contributed by atoms with Crippen LogP contribution in [-0.4, -0.2) is 28.0 Å². The van der Waals surface area contributed by atoms with Crippen molar-refractivity contribution in [1.82, 2.24) is 9.38 Å². The first kappa shape index (κ1) is 17.1. The lowest BCUT2D eigenvalue weighted by atomic mass is 10.1. The van der Waals surface area contributed by atoms with Gasteiger partial charge < -0.3 is 14.8 Å².